The molecule has 0 amide bonds. The highest BCUT2D eigenvalue weighted by Crippen LogP contribution is 2.45. The number of esters is 3. The van der Waals surface area contributed by atoms with E-state index >= 15 is 0 Å². The van der Waals surface area contributed by atoms with Crippen LogP contribution in [0.3, 0.4) is 0 Å². The van der Waals surface area contributed by atoms with Crippen LogP contribution in [0.4, 0.5) is 0 Å². The Morgan fingerprint density at radius 1 is 0.276 bits per heavy atom. The van der Waals surface area contributed by atoms with Crippen LogP contribution in [0.1, 0.15) is 355 Å². The fraction of sp³-hybridized carbons (Fsp3) is 0.736. The highest BCUT2D eigenvalue weighted by molar-refractivity contribution is 7.47. The molecule has 5 unspecified atom stereocenters. The van der Waals surface area contributed by atoms with Crippen LogP contribution >= 0.6 is 15.6 Å². The van der Waals surface area contributed by atoms with Crippen molar-refractivity contribution in [3.8, 4) is 0 Å². The standard InChI is InChI=1S/C87H152O16P2/c1-4-7-10-13-16-19-22-25-28-30-32-34-36-37-38-39-40-41-42-43-45-47-48-50-53-55-58-61-64-67-70-73-85(90)97-76-82(88)77-99-104(93,94)100-78-83(89)79-101-105(95,96)102-81-84(103-87(92)75-72-69-66-63-60-57-52-27-24-21-18-15-12-9-6-3)80-98-86(91)74-71-68-65-62-59-56-54-51-49-46-44-35-33-31-29-26-23-20-17-14-11-8-5-2/h7-8,10-11,16-17,19-20,25-26,28-29,32-35,37-38,46,49,82-84,88-89H,4-6,9,12-15,18,21-24,27,30-31,36,39-45,47-48,50-81H2,1-3H3,(H,93,94)(H,95,96)/b10-7-,11-8-,19-16-,20-17-,28-25-,29-26-,34-32-,35-33-,38-37-,49-46-. The summed E-state index contributed by atoms with van der Waals surface area (Å²) in [5.74, 6) is -1.57. The Morgan fingerprint density at radius 3 is 0.800 bits per heavy atom. The van der Waals surface area contributed by atoms with Gasteiger partial charge in [-0.15, -0.1) is 0 Å². The molecule has 0 heterocycles. The van der Waals surface area contributed by atoms with Crippen molar-refractivity contribution in [1.82, 2.24) is 0 Å². The third-order valence-electron chi connectivity index (χ3n) is 17.7. The summed E-state index contributed by atoms with van der Waals surface area (Å²) in [6.07, 6.45) is 95.3. The van der Waals surface area contributed by atoms with Crippen molar-refractivity contribution in [1.29, 1.82) is 0 Å². The Hall–Kier alpha value is -4.05. The van der Waals surface area contributed by atoms with Gasteiger partial charge in [-0.05, 0) is 109 Å². The molecular formula is C87H152O16P2. The SMILES string of the molecule is CC/C=C\C/C=C\C/C=C\C/C=C\C/C=C\CCCCCCCCCCCCCCCCCC(=O)OCC(O)COP(=O)(O)OCC(O)COP(=O)(O)OCC(COC(=O)CCCCCCCCC/C=C\C/C=C\C/C=C\C/C=C\C/C=C\CC)OC(=O)CCCCCCCCCCCCCCCCC. The van der Waals surface area contributed by atoms with Crippen LogP contribution in [0, 0.1) is 0 Å². The van der Waals surface area contributed by atoms with Gasteiger partial charge in [0, 0.05) is 19.3 Å². The lowest BCUT2D eigenvalue weighted by molar-refractivity contribution is -0.161. The summed E-state index contributed by atoms with van der Waals surface area (Å²) in [6.45, 7) is 2.49. The molecule has 5 atom stereocenters. The summed E-state index contributed by atoms with van der Waals surface area (Å²) in [5.41, 5.74) is 0. The average molecular weight is 1520 g/mol. The number of hydrogen-bond acceptors (Lipinski definition) is 14. The number of aliphatic hydroxyl groups is 2. The van der Waals surface area contributed by atoms with Gasteiger partial charge in [0.25, 0.3) is 0 Å². The lowest BCUT2D eigenvalue weighted by atomic mass is 10.0. The number of phosphoric ester groups is 2. The zero-order chi connectivity index (χ0) is 76.6. The van der Waals surface area contributed by atoms with Crippen molar-refractivity contribution in [2.24, 2.45) is 0 Å². The molecule has 606 valence electrons. The summed E-state index contributed by atoms with van der Waals surface area (Å²) in [5, 5.41) is 20.7. The Bertz CT molecular complexity index is 2390. The van der Waals surface area contributed by atoms with Gasteiger partial charge in [-0.1, -0.05) is 348 Å². The van der Waals surface area contributed by atoms with E-state index in [9.17, 15) is 43.5 Å². The molecule has 0 aromatic carbocycles. The highest BCUT2D eigenvalue weighted by atomic mass is 31.2. The highest BCUT2D eigenvalue weighted by Gasteiger charge is 2.29. The van der Waals surface area contributed by atoms with E-state index in [2.05, 4.69) is 142 Å². The van der Waals surface area contributed by atoms with Gasteiger partial charge in [0.2, 0.25) is 0 Å². The second-order valence-electron chi connectivity index (χ2n) is 27.9. The second kappa shape index (κ2) is 79.5. The first kappa shape index (κ1) is 101. The monoisotopic (exact) mass is 1520 g/mol. The molecule has 0 aliphatic rings. The number of carbonyl (C=O) groups excluding carboxylic acids is 3. The minimum absolute atomic E-state index is 0.105. The largest absolute Gasteiger partial charge is 0.472 e. The van der Waals surface area contributed by atoms with E-state index in [4.69, 9.17) is 32.3 Å². The third kappa shape index (κ3) is 80.8. The van der Waals surface area contributed by atoms with Gasteiger partial charge in [0.05, 0.1) is 26.4 Å². The van der Waals surface area contributed by atoms with E-state index in [-0.39, 0.29) is 19.3 Å². The lowest BCUT2D eigenvalue weighted by Crippen LogP contribution is -2.30. The average Bonchev–Trinajstić information content (AvgIpc) is 0.965. The quantitative estimate of drug-likeness (QED) is 0.0146. The number of hydrogen-bond donors (Lipinski definition) is 4. The summed E-state index contributed by atoms with van der Waals surface area (Å²) in [6, 6.07) is 0. The molecule has 0 aliphatic carbocycles. The maximum absolute atomic E-state index is 13.0. The van der Waals surface area contributed by atoms with Crippen LogP contribution in [0.25, 0.3) is 0 Å². The molecule has 0 aromatic heterocycles. The predicted octanol–water partition coefficient (Wildman–Crippen LogP) is 24.9. The first-order valence-electron chi connectivity index (χ1n) is 41.8. The molecule has 0 saturated heterocycles. The Balaban J connectivity index is 4.49. The van der Waals surface area contributed by atoms with Crippen LogP contribution in [0.2, 0.25) is 0 Å². The summed E-state index contributed by atoms with van der Waals surface area (Å²) in [4.78, 5) is 58.7. The number of allylic oxidation sites excluding steroid dienone is 20. The number of rotatable bonds is 79. The van der Waals surface area contributed by atoms with Crippen LogP contribution in [-0.2, 0) is 55.8 Å². The van der Waals surface area contributed by atoms with Crippen molar-refractivity contribution in [2.45, 2.75) is 373 Å². The number of carbonyl (C=O) groups is 3. The first-order chi connectivity index (χ1) is 51.2. The third-order valence-corrected chi connectivity index (χ3v) is 19.6. The number of aliphatic hydroxyl groups excluding tert-OH is 2. The maximum atomic E-state index is 13.0. The molecular weight excluding hydrogens is 1360 g/mol. The molecule has 0 bridgehead atoms. The molecule has 0 spiro atoms. The molecule has 4 N–H and O–H groups in total. The maximum Gasteiger partial charge on any atom is 0.472 e. The molecule has 18 heteroatoms. The number of ether oxygens (including phenoxy) is 3. The van der Waals surface area contributed by atoms with Gasteiger partial charge < -0.3 is 34.2 Å². The number of phosphoric acid groups is 2. The zero-order valence-corrected chi connectivity index (χ0v) is 68.2. The van der Waals surface area contributed by atoms with Crippen LogP contribution in [0.15, 0.2) is 122 Å². The van der Waals surface area contributed by atoms with Crippen molar-refractivity contribution < 1.29 is 75.8 Å². The van der Waals surface area contributed by atoms with Crippen molar-refractivity contribution in [2.75, 3.05) is 39.6 Å². The van der Waals surface area contributed by atoms with Crippen molar-refractivity contribution in [3.63, 3.8) is 0 Å². The van der Waals surface area contributed by atoms with E-state index in [1.54, 1.807) is 0 Å². The van der Waals surface area contributed by atoms with Gasteiger partial charge in [0.1, 0.15) is 25.4 Å². The summed E-state index contributed by atoms with van der Waals surface area (Å²) < 4.78 is 61.3. The molecule has 0 fully saturated rings. The lowest BCUT2D eigenvalue weighted by Gasteiger charge is -2.21. The van der Waals surface area contributed by atoms with Crippen LogP contribution in [-0.4, -0.2) is 95.9 Å². The molecule has 0 radical (unpaired) electrons. The van der Waals surface area contributed by atoms with E-state index in [0.717, 1.165) is 154 Å². The first-order valence-corrected chi connectivity index (χ1v) is 44.8. The number of unbranched alkanes of at least 4 members (excludes halogenated alkanes) is 36. The Kier molecular flexibility index (Phi) is 76.4. The van der Waals surface area contributed by atoms with Gasteiger partial charge >= 0.3 is 33.6 Å². The molecule has 0 aliphatic heterocycles. The fourth-order valence-corrected chi connectivity index (χ4v) is 13.0. The summed E-state index contributed by atoms with van der Waals surface area (Å²) in [7, 11) is -9.79. The minimum atomic E-state index is -4.93. The Morgan fingerprint density at radius 2 is 0.505 bits per heavy atom. The minimum Gasteiger partial charge on any atom is -0.463 e. The second-order valence-corrected chi connectivity index (χ2v) is 30.8. The normalized spacial score (nSPS) is 14.5. The van der Waals surface area contributed by atoms with E-state index in [1.807, 2.05) is 0 Å². The fourth-order valence-electron chi connectivity index (χ4n) is 11.4. The van der Waals surface area contributed by atoms with Crippen LogP contribution < -0.4 is 0 Å². The van der Waals surface area contributed by atoms with E-state index in [0.29, 0.717) is 19.3 Å². The molecule has 0 rings (SSSR count). The van der Waals surface area contributed by atoms with Gasteiger partial charge in [-0.2, -0.15) is 0 Å². The van der Waals surface area contributed by atoms with E-state index in [1.165, 1.54) is 141 Å². The topological polar surface area (TPSA) is 231 Å². The Labute approximate surface area is 640 Å². The molecule has 0 aromatic rings. The van der Waals surface area contributed by atoms with Crippen molar-refractivity contribution >= 4 is 33.6 Å². The van der Waals surface area contributed by atoms with Crippen molar-refractivity contribution in [3.05, 3.63) is 122 Å². The van der Waals surface area contributed by atoms with Gasteiger partial charge in [-0.25, -0.2) is 9.13 Å². The molecule has 16 nitrogen and oxygen atoms in total. The summed E-state index contributed by atoms with van der Waals surface area (Å²) >= 11 is 0. The molecule has 0 saturated carbocycles. The predicted molar refractivity (Wildman–Crippen MR) is 436 cm³/mol. The van der Waals surface area contributed by atoms with Crippen LogP contribution in [0.5, 0.6) is 0 Å². The molecule has 105 heavy (non-hydrogen) atoms. The van der Waals surface area contributed by atoms with Gasteiger partial charge in [0.15, 0.2) is 6.10 Å². The van der Waals surface area contributed by atoms with E-state index < -0.39 is 91.5 Å². The van der Waals surface area contributed by atoms with Gasteiger partial charge in [-0.3, -0.25) is 32.5 Å². The zero-order valence-electron chi connectivity index (χ0n) is 66.4. The smallest absolute Gasteiger partial charge is 0.463 e.